The van der Waals surface area contributed by atoms with Crippen LogP contribution in [0, 0.1) is 16.7 Å². The van der Waals surface area contributed by atoms with E-state index in [1.54, 1.807) is 37.3 Å². The van der Waals surface area contributed by atoms with Gasteiger partial charge in [-0.15, -0.1) is 0 Å². The highest BCUT2D eigenvalue weighted by molar-refractivity contribution is 5.89. The van der Waals surface area contributed by atoms with Crippen molar-refractivity contribution in [1.82, 2.24) is 0 Å². The number of benzene rings is 1. The van der Waals surface area contributed by atoms with Gasteiger partial charge in [0, 0.05) is 5.41 Å². The van der Waals surface area contributed by atoms with Crippen molar-refractivity contribution in [3.05, 3.63) is 35.9 Å². The number of carbonyl (C=O) groups is 2. The fourth-order valence-electron chi connectivity index (χ4n) is 6.07. The molecule has 2 bridgehead atoms. The lowest BCUT2D eigenvalue weighted by Gasteiger charge is -2.66. The van der Waals surface area contributed by atoms with Crippen LogP contribution >= 0.6 is 0 Å². The summed E-state index contributed by atoms with van der Waals surface area (Å²) in [5.41, 5.74) is -5.48. The molecule has 1 saturated heterocycles. The number of ether oxygens (including phenoxy) is 2. The third-order valence-corrected chi connectivity index (χ3v) is 8.14. The van der Waals surface area contributed by atoms with Crippen LogP contribution in [0.2, 0.25) is 0 Å². The lowest BCUT2D eigenvalue weighted by molar-refractivity contribution is -0.334. The Morgan fingerprint density at radius 1 is 1.24 bits per heavy atom. The lowest BCUT2D eigenvalue weighted by atomic mass is 9.44. The van der Waals surface area contributed by atoms with Gasteiger partial charge in [-0.25, -0.2) is 4.79 Å². The van der Waals surface area contributed by atoms with Gasteiger partial charge in [-0.3, -0.25) is 4.79 Å². The van der Waals surface area contributed by atoms with E-state index < -0.39 is 46.2 Å². The van der Waals surface area contributed by atoms with Gasteiger partial charge in [-0.2, -0.15) is 0 Å². The predicted octanol–water partition coefficient (Wildman–Crippen LogP) is 1.44. The van der Waals surface area contributed by atoms with Crippen molar-refractivity contribution in [1.29, 1.82) is 0 Å². The molecule has 7 heteroatoms. The molecule has 1 aromatic carbocycles. The SMILES string of the molecule is CC1CC2OC(=O)CC13CC(O)C(C)(O)C(C)(COC(=O)c1ccccc1)C23O. The van der Waals surface area contributed by atoms with Gasteiger partial charge in [0.1, 0.15) is 18.3 Å². The van der Waals surface area contributed by atoms with E-state index in [0.717, 1.165) is 0 Å². The molecule has 7 atom stereocenters. The van der Waals surface area contributed by atoms with E-state index in [-0.39, 0.29) is 25.4 Å². The minimum absolute atomic E-state index is 0.0451. The third-order valence-electron chi connectivity index (χ3n) is 8.14. The first-order valence-corrected chi connectivity index (χ1v) is 10.0. The van der Waals surface area contributed by atoms with Crippen molar-refractivity contribution in [2.75, 3.05) is 6.61 Å². The Hall–Kier alpha value is -1.96. The topological polar surface area (TPSA) is 113 Å². The highest BCUT2D eigenvalue weighted by Gasteiger charge is 2.81. The first-order valence-electron chi connectivity index (χ1n) is 10.0. The number of hydrogen-bond donors (Lipinski definition) is 3. The Labute approximate surface area is 169 Å². The summed E-state index contributed by atoms with van der Waals surface area (Å²) in [5, 5.41) is 34.3. The number of hydrogen-bond acceptors (Lipinski definition) is 7. The fraction of sp³-hybridized carbons (Fsp3) is 0.636. The molecule has 2 aliphatic carbocycles. The second-order valence-corrected chi connectivity index (χ2v) is 9.36. The molecule has 0 radical (unpaired) electrons. The zero-order valence-corrected chi connectivity index (χ0v) is 16.9. The number of aliphatic hydroxyl groups is 3. The molecule has 158 valence electrons. The van der Waals surface area contributed by atoms with E-state index in [2.05, 4.69) is 0 Å². The van der Waals surface area contributed by atoms with Crippen LogP contribution in [0.1, 0.15) is 50.4 Å². The predicted molar refractivity (Wildman–Crippen MR) is 102 cm³/mol. The maximum Gasteiger partial charge on any atom is 0.338 e. The molecule has 7 unspecified atom stereocenters. The Morgan fingerprint density at radius 3 is 2.55 bits per heavy atom. The summed E-state index contributed by atoms with van der Waals surface area (Å²) in [6.07, 6.45) is -1.58. The maximum atomic E-state index is 12.5. The highest BCUT2D eigenvalue weighted by Crippen LogP contribution is 2.70. The van der Waals surface area contributed by atoms with Gasteiger partial charge in [0.2, 0.25) is 0 Å². The van der Waals surface area contributed by atoms with Crippen molar-refractivity contribution < 1.29 is 34.4 Å². The molecule has 29 heavy (non-hydrogen) atoms. The normalized spacial score (nSPS) is 46.0. The van der Waals surface area contributed by atoms with Gasteiger partial charge in [-0.05, 0) is 37.8 Å². The highest BCUT2D eigenvalue weighted by atomic mass is 16.6. The van der Waals surface area contributed by atoms with Crippen molar-refractivity contribution in [3.63, 3.8) is 0 Å². The van der Waals surface area contributed by atoms with Gasteiger partial charge in [0.25, 0.3) is 0 Å². The van der Waals surface area contributed by atoms with Gasteiger partial charge < -0.3 is 24.8 Å². The number of aliphatic hydroxyl groups excluding tert-OH is 1. The molecule has 4 rings (SSSR count). The summed E-state index contributed by atoms with van der Waals surface area (Å²) in [5.74, 6) is -1.12. The number of esters is 2. The Bertz CT molecular complexity index is 837. The molecule has 3 aliphatic rings. The van der Waals surface area contributed by atoms with Crippen LogP contribution in [-0.4, -0.2) is 57.3 Å². The minimum atomic E-state index is -1.77. The van der Waals surface area contributed by atoms with Crippen molar-refractivity contribution in [2.24, 2.45) is 16.7 Å². The van der Waals surface area contributed by atoms with Gasteiger partial charge in [0.15, 0.2) is 0 Å². The van der Waals surface area contributed by atoms with Crippen molar-refractivity contribution in [3.8, 4) is 0 Å². The molecule has 0 spiro atoms. The van der Waals surface area contributed by atoms with E-state index in [0.29, 0.717) is 12.0 Å². The van der Waals surface area contributed by atoms with Gasteiger partial charge >= 0.3 is 11.9 Å². The number of carbonyl (C=O) groups excluding carboxylic acids is 2. The summed E-state index contributed by atoms with van der Waals surface area (Å²) in [6, 6.07) is 8.43. The summed E-state index contributed by atoms with van der Waals surface area (Å²) in [7, 11) is 0. The summed E-state index contributed by atoms with van der Waals surface area (Å²) in [4.78, 5) is 24.8. The summed E-state index contributed by atoms with van der Waals surface area (Å²) >= 11 is 0. The molecule has 1 aliphatic heterocycles. The van der Waals surface area contributed by atoms with E-state index >= 15 is 0 Å². The molecule has 1 aromatic rings. The minimum Gasteiger partial charge on any atom is -0.461 e. The van der Waals surface area contributed by atoms with Crippen LogP contribution in [0.25, 0.3) is 0 Å². The second kappa shape index (κ2) is 6.27. The molecule has 0 amide bonds. The van der Waals surface area contributed by atoms with E-state index in [9.17, 15) is 24.9 Å². The van der Waals surface area contributed by atoms with Crippen LogP contribution in [0.3, 0.4) is 0 Å². The van der Waals surface area contributed by atoms with Crippen LogP contribution < -0.4 is 0 Å². The first-order chi connectivity index (χ1) is 13.5. The monoisotopic (exact) mass is 404 g/mol. The quantitative estimate of drug-likeness (QED) is 0.653. The third kappa shape index (κ3) is 2.41. The maximum absolute atomic E-state index is 12.5. The molecule has 3 N–H and O–H groups in total. The average Bonchev–Trinajstić information content (AvgIpc) is 2.79. The lowest BCUT2D eigenvalue weighted by Crippen LogP contribution is -2.79. The van der Waals surface area contributed by atoms with E-state index in [1.165, 1.54) is 6.92 Å². The van der Waals surface area contributed by atoms with Crippen molar-refractivity contribution in [2.45, 2.75) is 63.4 Å². The van der Waals surface area contributed by atoms with Crippen LogP contribution in [0.4, 0.5) is 0 Å². The molecule has 0 aromatic heterocycles. The van der Waals surface area contributed by atoms with Crippen LogP contribution in [0.15, 0.2) is 30.3 Å². The van der Waals surface area contributed by atoms with E-state index in [4.69, 9.17) is 9.47 Å². The zero-order chi connectivity index (χ0) is 21.2. The second-order valence-electron chi connectivity index (χ2n) is 9.36. The first kappa shape index (κ1) is 20.3. The van der Waals surface area contributed by atoms with Crippen LogP contribution in [-0.2, 0) is 14.3 Å². The summed E-state index contributed by atoms with van der Waals surface area (Å²) < 4.78 is 11.0. The molecule has 2 saturated carbocycles. The van der Waals surface area contributed by atoms with Gasteiger partial charge in [0.05, 0.1) is 29.1 Å². The van der Waals surface area contributed by atoms with Crippen molar-refractivity contribution >= 4 is 11.9 Å². The average molecular weight is 404 g/mol. The van der Waals surface area contributed by atoms with Crippen LogP contribution in [0.5, 0.6) is 0 Å². The number of rotatable bonds is 3. The molecule has 3 fully saturated rings. The molecule has 7 nitrogen and oxygen atoms in total. The zero-order valence-electron chi connectivity index (χ0n) is 16.9. The smallest absolute Gasteiger partial charge is 0.338 e. The largest absolute Gasteiger partial charge is 0.461 e. The van der Waals surface area contributed by atoms with Gasteiger partial charge in [-0.1, -0.05) is 32.0 Å². The molecular formula is C22H28O7. The molecule has 1 heterocycles. The Kier molecular flexibility index (Phi) is 4.39. The van der Waals surface area contributed by atoms with E-state index in [1.807, 2.05) is 6.92 Å². The standard InChI is InChI=1S/C22H28O7/c1-13-9-16-22(27)19(2,12-28-18(25)14-7-5-4-6-8-14)20(3,26)15(23)10-21(13,22)11-17(24)29-16/h4-8,13,15-16,23,26-27H,9-12H2,1-3H3. The molecular weight excluding hydrogens is 376 g/mol. The Balaban J connectivity index is 1.75. The summed E-state index contributed by atoms with van der Waals surface area (Å²) in [6.45, 7) is 4.64. The fourth-order valence-corrected chi connectivity index (χ4v) is 6.07. The Morgan fingerprint density at radius 2 is 1.90 bits per heavy atom.